The Morgan fingerprint density at radius 2 is 2.03 bits per heavy atom. The molecule has 5 rings (SSSR count). The number of hydrogen-bond donors (Lipinski definition) is 1. The smallest absolute Gasteiger partial charge is 0.254 e. The van der Waals surface area contributed by atoms with Crippen LogP contribution in [0.1, 0.15) is 46.2 Å². The van der Waals surface area contributed by atoms with Crippen LogP contribution in [0.3, 0.4) is 0 Å². The van der Waals surface area contributed by atoms with Gasteiger partial charge in [0.05, 0.1) is 22.8 Å². The first kappa shape index (κ1) is 17.5. The summed E-state index contributed by atoms with van der Waals surface area (Å²) in [6.45, 7) is 4.90. The second-order valence-corrected chi connectivity index (χ2v) is 7.54. The maximum Gasteiger partial charge on any atom is 0.254 e. The summed E-state index contributed by atoms with van der Waals surface area (Å²) in [5.74, 6) is 0.850. The zero-order valence-electron chi connectivity index (χ0n) is 16.3. The van der Waals surface area contributed by atoms with Crippen molar-refractivity contribution in [2.24, 2.45) is 0 Å². The van der Waals surface area contributed by atoms with Crippen molar-refractivity contribution in [1.29, 1.82) is 0 Å². The highest BCUT2D eigenvalue weighted by Crippen LogP contribution is 2.33. The summed E-state index contributed by atoms with van der Waals surface area (Å²) in [5, 5.41) is 11.2. The number of nitrogens with zero attached hydrogens (tertiary/aromatic N) is 6. The van der Waals surface area contributed by atoms with E-state index in [4.69, 9.17) is 4.98 Å². The monoisotopic (exact) mass is 387 g/mol. The second kappa shape index (κ2) is 6.80. The van der Waals surface area contributed by atoms with Gasteiger partial charge in [0.25, 0.3) is 5.91 Å². The number of benzene rings is 2. The Labute approximate surface area is 167 Å². The molecular weight excluding hydrogens is 366 g/mol. The highest BCUT2D eigenvalue weighted by atomic mass is 16.2. The number of imidazole rings is 1. The Morgan fingerprint density at radius 3 is 2.86 bits per heavy atom. The average molecular weight is 387 g/mol. The van der Waals surface area contributed by atoms with Gasteiger partial charge >= 0.3 is 0 Å². The van der Waals surface area contributed by atoms with Crippen LogP contribution in [0.2, 0.25) is 0 Å². The van der Waals surface area contributed by atoms with Crippen LogP contribution in [-0.2, 0) is 0 Å². The number of hydrogen-bond acceptors (Lipinski definition) is 5. The topological polar surface area (TPSA) is 92.6 Å². The standard InChI is InChI=1S/C21H21N7O/c1-13-9-17-18(10-14(13)2)24-20(23-17)19-7-4-8-27(19)21(29)15-5-3-6-16(11-15)28-12-22-25-26-28/h3,5-6,9-12,19H,4,7-8H2,1-2H3,(H,23,24). The van der Waals surface area contributed by atoms with E-state index < -0.39 is 0 Å². The van der Waals surface area contributed by atoms with Crippen molar-refractivity contribution >= 4 is 16.9 Å². The summed E-state index contributed by atoms with van der Waals surface area (Å²) in [6.07, 6.45) is 3.37. The van der Waals surface area contributed by atoms with Gasteiger partial charge in [-0.3, -0.25) is 4.79 Å². The number of fused-ring (bicyclic) bond motifs is 1. The Bertz CT molecular complexity index is 1160. The highest BCUT2D eigenvalue weighted by Gasteiger charge is 2.32. The predicted molar refractivity (Wildman–Crippen MR) is 108 cm³/mol. The van der Waals surface area contributed by atoms with Crippen molar-refractivity contribution in [2.45, 2.75) is 32.7 Å². The molecule has 0 bridgehead atoms. The van der Waals surface area contributed by atoms with E-state index in [1.54, 1.807) is 4.68 Å². The van der Waals surface area contributed by atoms with E-state index in [2.05, 4.69) is 46.5 Å². The minimum Gasteiger partial charge on any atom is -0.340 e. The van der Waals surface area contributed by atoms with Crippen LogP contribution in [0.5, 0.6) is 0 Å². The van der Waals surface area contributed by atoms with Crippen molar-refractivity contribution in [1.82, 2.24) is 35.1 Å². The average Bonchev–Trinajstić information content (AvgIpc) is 3.48. The Kier molecular flexibility index (Phi) is 4.12. The van der Waals surface area contributed by atoms with Gasteiger partial charge in [-0.1, -0.05) is 6.07 Å². The number of amides is 1. The maximum atomic E-state index is 13.3. The summed E-state index contributed by atoms with van der Waals surface area (Å²) in [7, 11) is 0. The predicted octanol–water partition coefficient (Wildman–Crippen LogP) is 3.13. The first-order chi connectivity index (χ1) is 14.1. The molecule has 2 aromatic carbocycles. The number of carbonyl (C=O) groups excluding carboxylic acids is 1. The molecule has 0 aliphatic carbocycles. The van der Waals surface area contributed by atoms with Gasteiger partial charge in [0.1, 0.15) is 12.2 Å². The molecule has 1 aliphatic heterocycles. The summed E-state index contributed by atoms with van der Waals surface area (Å²) in [4.78, 5) is 23.5. The molecule has 0 saturated carbocycles. The molecule has 1 fully saturated rings. The van der Waals surface area contributed by atoms with Crippen molar-refractivity contribution in [3.05, 3.63) is 65.2 Å². The fourth-order valence-corrected chi connectivity index (χ4v) is 3.97. The van der Waals surface area contributed by atoms with E-state index in [1.165, 1.54) is 17.5 Å². The third kappa shape index (κ3) is 3.06. The molecule has 3 heterocycles. The molecule has 4 aromatic rings. The normalized spacial score (nSPS) is 16.6. The number of aromatic nitrogens is 6. The Balaban J connectivity index is 1.46. The third-order valence-electron chi connectivity index (χ3n) is 5.65. The molecule has 2 aromatic heterocycles. The first-order valence-corrected chi connectivity index (χ1v) is 9.71. The fourth-order valence-electron chi connectivity index (χ4n) is 3.97. The SMILES string of the molecule is Cc1cc2nc(C3CCCN3C(=O)c3cccc(-n4cnnn4)c3)[nH]c2cc1C. The van der Waals surface area contributed by atoms with Crippen molar-refractivity contribution in [3.63, 3.8) is 0 Å². The van der Waals surface area contributed by atoms with Gasteiger partial charge in [0.2, 0.25) is 0 Å². The molecule has 1 amide bonds. The zero-order chi connectivity index (χ0) is 20.0. The Morgan fingerprint density at radius 1 is 1.17 bits per heavy atom. The molecule has 1 unspecified atom stereocenters. The lowest BCUT2D eigenvalue weighted by Crippen LogP contribution is -2.31. The van der Waals surface area contributed by atoms with Gasteiger partial charge in [0, 0.05) is 12.1 Å². The van der Waals surface area contributed by atoms with E-state index in [1.807, 2.05) is 29.2 Å². The lowest BCUT2D eigenvalue weighted by atomic mass is 10.1. The summed E-state index contributed by atoms with van der Waals surface area (Å²) < 4.78 is 1.54. The van der Waals surface area contributed by atoms with E-state index in [0.717, 1.165) is 35.4 Å². The molecule has 0 radical (unpaired) electrons. The van der Waals surface area contributed by atoms with Crippen LogP contribution >= 0.6 is 0 Å². The van der Waals surface area contributed by atoms with Crippen LogP contribution in [0.25, 0.3) is 16.7 Å². The summed E-state index contributed by atoms with van der Waals surface area (Å²) >= 11 is 0. The minimum atomic E-state index is -0.0489. The van der Waals surface area contributed by atoms with E-state index >= 15 is 0 Å². The number of carbonyl (C=O) groups is 1. The summed E-state index contributed by atoms with van der Waals surface area (Å²) in [6, 6.07) is 11.5. The second-order valence-electron chi connectivity index (χ2n) is 7.54. The molecule has 8 nitrogen and oxygen atoms in total. The van der Waals surface area contributed by atoms with Crippen molar-refractivity contribution < 1.29 is 4.79 Å². The lowest BCUT2D eigenvalue weighted by molar-refractivity contribution is 0.0730. The lowest BCUT2D eigenvalue weighted by Gasteiger charge is -2.23. The van der Waals surface area contributed by atoms with Gasteiger partial charge in [-0.15, -0.1) is 5.10 Å². The molecule has 29 heavy (non-hydrogen) atoms. The summed E-state index contributed by atoms with van der Waals surface area (Å²) in [5.41, 5.74) is 5.78. The van der Waals surface area contributed by atoms with Crippen LogP contribution in [0, 0.1) is 13.8 Å². The number of tetrazole rings is 1. The van der Waals surface area contributed by atoms with Crippen molar-refractivity contribution in [3.8, 4) is 5.69 Å². The number of H-pyrrole nitrogens is 1. The number of likely N-dealkylation sites (tertiary alicyclic amines) is 1. The highest BCUT2D eigenvalue weighted by molar-refractivity contribution is 5.95. The molecule has 1 N–H and O–H groups in total. The number of aryl methyl sites for hydroxylation is 2. The molecule has 146 valence electrons. The molecule has 1 aliphatic rings. The number of rotatable bonds is 3. The Hall–Kier alpha value is -3.55. The zero-order valence-corrected chi connectivity index (χ0v) is 16.3. The third-order valence-corrected chi connectivity index (χ3v) is 5.65. The fraction of sp³-hybridized carbons (Fsp3) is 0.286. The van der Waals surface area contributed by atoms with E-state index in [-0.39, 0.29) is 11.9 Å². The van der Waals surface area contributed by atoms with Crippen LogP contribution in [-0.4, -0.2) is 47.5 Å². The maximum absolute atomic E-state index is 13.3. The minimum absolute atomic E-state index is 0.00441. The molecule has 8 heteroatoms. The largest absolute Gasteiger partial charge is 0.340 e. The van der Waals surface area contributed by atoms with Gasteiger partial charge in [0.15, 0.2) is 0 Å². The van der Waals surface area contributed by atoms with Crippen LogP contribution < -0.4 is 0 Å². The molecular formula is C21H21N7O. The first-order valence-electron chi connectivity index (χ1n) is 9.71. The van der Waals surface area contributed by atoms with Gasteiger partial charge in [-0.2, -0.15) is 0 Å². The number of nitrogens with one attached hydrogen (secondary N) is 1. The van der Waals surface area contributed by atoms with E-state index in [9.17, 15) is 4.79 Å². The van der Waals surface area contributed by atoms with Gasteiger partial charge < -0.3 is 9.88 Å². The number of aromatic amines is 1. The van der Waals surface area contributed by atoms with Crippen LogP contribution in [0.4, 0.5) is 0 Å². The van der Waals surface area contributed by atoms with E-state index in [0.29, 0.717) is 12.1 Å². The molecule has 0 spiro atoms. The van der Waals surface area contributed by atoms with Gasteiger partial charge in [-0.05, 0) is 78.6 Å². The molecule has 1 saturated heterocycles. The van der Waals surface area contributed by atoms with Gasteiger partial charge in [-0.25, -0.2) is 9.67 Å². The molecule has 1 atom stereocenters. The van der Waals surface area contributed by atoms with Crippen LogP contribution in [0.15, 0.2) is 42.7 Å². The quantitative estimate of drug-likeness (QED) is 0.583. The van der Waals surface area contributed by atoms with Crippen molar-refractivity contribution in [2.75, 3.05) is 6.54 Å².